The number of phenols is 1. The maximum absolute atomic E-state index is 12.5. The molecule has 3 nitrogen and oxygen atoms in total. The Morgan fingerprint density at radius 1 is 0.935 bits per heavy atom. The van der Waals surface area contributed by atoms with Crippen LogP contribution in [0.1, 0.15) is 101 Å². The molecule has 0 saturated carbocycles. The number of phenolic OH excluding ortho intramolecular Hbond substituents is 1. The molecule has 0 heterocycles. The van der Waals surface area contributed by atoms with Gasteiger partial charge in [0.2, 0.25) is 5.91 Å². The zero-order valence-corrected chi connectivity index (χ0v) is 20.6. The van der Waals surface area contributed by atoms with E-state index in [4.69, 9.17) is 0 Å². The van der Waals surface area contributed by atoms with Crippen molar-refractivity contribution in [3.05, 3.63) is 47.1 Å². The highest BCUT2D eigenvalue weighted by Crippen LogP contribution is 2.30. The normalized spacial score (nSPS) is 12.7. The van der Waals surface area contributed by atoms with Crippen LogP contribution in [0.2, 0.25) is 0 Å². The Bertz CT molecular complexity index is 718. The van der Waals surface area contributed by atoms with Gasteiger partial charge in [0.1, 0.15) is 5.75 Å². The number of aryl methyl sites for hydroxylation is 1. The van der Waals surface area contributed by atoms with E-state index in [1.54, 1.807) is 0 Å². The van der Waals surface area contributed by atoms with E-state index in [1.807, 2.05) is 33.8 Å². The van der Waals surface area contributed by atoms with Crippen molar-refractivity contribution in [2.75, 3.05) is 5.32 Å². The molecule has 0 spiro atoms. The fourth-order valence-corrected chi connectivity index (χ4v) is 3.67. The molecule has 3 heteroatoms. The largest absolute Gasteiger partial charge is 0.507 e. The first kappa shape index (κ1) is 27.0. The number of aromatic hydroxyl groups is 1. The second-order valence-electron chi connectivity index (χ2n) is 8.90. The fourth-order valence-electron chi connectivity index (χ4n) is 3.67. The third-order valence-corrected chi connectivity index (χ3v) is 6.10. The molecule has 1 aromatic rings. The summed E-state index contributed by atoms with van der Waals surface area (Å²) < 4.78 is 0. The average Bonchev–Trinajstić information content (AvgIpc) is 2.75. The number of carbonyl (C=O) groups is 1. The first-order valence-electron chi connectivity index (χ1n) is 12.3. The second kappa shape index (κ2) is 15.7. The Morgan fingerprint density at radius 3 is 2.19 bits per heavy atom. The zero-order valence-electron chi connectivity index (χ0n) is 20.6. The topological polar surface area (TPSA) is 49.3 Å². The van der Waals surface area contributed by atoms with Crippen molar-refractivity contribution >= 4 is 11.6 Å². The van der Waals surface area contributed by atoms with Crippen LogP contribution in [0.25, 0.3) is 0 Å². The van der Waals surface area contributed by atoms with Crippen LogP contribution in [0.3, 0.4) is 0 Å². The van der Waals surface area contributed by atoms with E-state index in [1.165, 1.54) is 44.9 Å². The number of carbonyl (C=O) groups excluding carboxylic acids is 1. The van der Waals surface area contributed by atoms with Gasteiger partial charge < -0.3 is 10.4 Å². The summed E-state index contributed by atoms with van der Waals surface area (Å²) in [6.45, 7) is 9.93. The number of rotatable bonds is 15. The van der Waals surface area contributed by atoms with Crippen LogP contribution < -0.4 is 5.32 Å². The minimum Gasteiger partial charge on any atom is -0.507 e. The predicted molar refractivity (Wildman–Crippen MR) is 135 cm³/mol. The van der Waals surface area contributed by atoms with Crippen molar-refractivity contribution in [2.45, 2.75) is 105 Å². The molecule has 2 N–H and O–H groups in total. The SMILES string of the molecule is CCCCCC=CCC=CCCCCCCC(C)C(=O)Nc1cc(C)c(O)c(C)c1C. The Kier molecular flexibility index (Phi) is 13.7. The number of amides is 1. The van der Waals surface area contributed by atoms with Crippen molar-refractivity contribution in [2.24, 2.45) is 5.92 Å². The summed E-state index contributed by atoms with van der Waals surface area (Å²) in [5.41, 5.74) is 3.37. The number of unbranched alkanes of at least 4 members (excludes halogenated alkanes) is 7. The maximum Gasteiger partial charge on any atom is 0.227 e. The van der Waals surface area contributed by atoms with Gasteiger partial charge in [0.05, 0.1) is 0 Å². The van der Waals surface area contributed by atoms with E-state index in [9.17, 15) is 9.90 Å². The summed E-state index contributed by atoms with van der Waals surface area (Å²) in [5.74, 6) is 0.383. The Hall–Kier alpha value is -2.03. The summed E-state index contributed by atoms with van der Waals surface area (Å²) in [4.78, 5) is 12.5. The molecule has 1 aromatic carbocycles. The van der Waals surface area contributed by atoms with Gasteiger partial charge in [0.15, 0.2) is 0 Å². The summed E-state index contributed by atoms with van der Waals surface area (Å²) in [6, 6.07) is 1.86. The summed E-state index contributed by atoms with van der Waals surface area (Å²) in [5, 5.41) is 13.1. The Morgan fingerprint density at radius 2 is 1.55 bits per heavy atom. The lowest BCUT2D eigenvalue weighted by Gasteiger charge is -2.16. The smallest absolute Gasteiger partial charge is 0.227 e. The highest BCUT2D eigenvalue weighted by atomic mass is 16.3. The van der Waals surface area contributed by atoms with Gasteiger partial charge in [-0.15, -0.1) is 0 Å². The molecule has 0 aliphatic rings. The van der Waals surface area contributed by atoms with Crippen molar-refractivity contribution < 1.29 is 9.90 Å². The lowest BCUT2D eigenvalue weighted by Crippen LogP contribution is -2.21. The lowest BCUT2D eigenvalue weighted by molar-refractivity contribution is -0.119. The minimum atomic E-state index is -0.00201. The van der Waals surface area contributed by atoms with E-state index in [0.29, 0.717) is 5.75 Å². The van der Waals surface area contributed by atoms with E-state index in [2.05, 4.69) is 36.5 Å². The van der Waals surface area contributed by atoms with E-state index >= 15 is 0 Å². The number of hydrogen-bond donors (Lipinski definition) is 2. The van der Waals surface area contributed by atoms with Crippen LogP contribution >= 0.6 is 0 Å². The minimum absolute atomic E-state index is 0.00201. The monoisotopic (exact) mass is 427 g/mol. The molecule has 1 unspecified atom stereocenters. The molecule has 0 fully saturated rings. The van der Waals surface area contributed by atoms with Gasteiger partial charge >= 0.3 is 0 Å². The molecular formula is C28H45NO2. The molecule has 0 aromatic heterocycles. The lowest BCUT2D eigenvalue weighted by atomic mass is 9.99. The fraction of sp³-hybridized carbons (Fsp3) is 0.607. The molecular weight excluding hydrogens is 382 g/mol. The van der Waals surface area contributed by atoms with Crippen LogP contribution in [0, 0.1) is 26.7 Å². The van der Waals surface area contributed by atoms with Crippen LogP contribution in [-0.4, -0.2) is 11.0 Å². The van der Waals surface area contributed by atoms with Crippen molar-refractivity contribution in [3.8, 4) is 5.75 Å². The van der Waals surface area contributed by atoms with Gasteiger partial charge in [0.25, 0.3) is 0 Å². The first-order chi connectivity index (χ1) is 14.9. The van der Waals surface area contributed by atoms with E-state index < -0.39 is 0 Å². The van der Waals surface area contributed by atoms with Crippen LogP contribution in [0.4, 0.5) is 5.69 Å². The van der Waals surface area contributed by atoms with Gasteiger partial charge in [-0.05, 0) is 82.1 Å². The molecule has 31 heavy (non-hydrogen) atoms. The van der Waals surface area contributed by atoms with E-state index in [-0.39, 0.29) is 11.8 Å². The van der Waals surface area contributed by atoms with Crippen molar-refractivity contribution in [1.82, 2.24) is 0 Å². The zero-order chi connectivity index (χ0) is 23.1. The third kappa shape index (κ3) is 10.7. The van der Waals surface area contributed by atoms with Crippen LogP contribution in [0.15, 0.2) is 30.4 Å². The number of allylic oxidation sites excluding steroid dienone is 4. The Labute approximate surface area is 191 Å². The molecule has 0 aliphatic heterocycles. The average molecular weight is 428 g/mol. The van der Waals surface area contributed by atoms with Crippen LogP contribution in [-0.2, 0) is 4.79 Å². The van der Waals surface area contributed by atoms with E-state index in [0.717, 1.165) is 48.1 Å². The summed E-state index contributed by atoms with van der Waals surface area (Å²) in [7, 11) is 0. The van der Waals surface area contributed by atoms with Crippen molar-refractivity contribution in [1.29, 1.82) is 0 Å². The highest BCUT2D eigenvalue weighted by Gasteiger charge is 2.16. The number of hydrogen-bond acceptors (Lipinski definition) is 2. The molecule has 0 saturated heterocycles. The van der Waals surface area contributed by atoms with Gasteiger partial charge in [-0.1, -0.05) is 70.3 Å². The Balaban J connectivity index is 2.16. The van der Waals surface area contributed by atoms with Gasteiger partial charge in [-0.25, -0.2) is 0 Å². The maximum atomic E-state index is 12.5. The predicted octanol–water partition coefficient (Wildman–Crippen LogP) is 8.32. The first-order valence-corrected chi connectivity index (χ1v) is 12.3. The van der Waals surface area contributed by atoms with Gasteiger partial charge in [-0.3, -0.25) is 4.79 Å². The van der Waals surface area contributed by atoms with Gasteiger partial charge in [0, 0.05) is 11.6 Å². The van der Waals surface area contributed by atoms with Crippen molar-refractivity contribution in [3.63, 3.8) is 0 Å². The molecule has 0 radical (unpaired) electrons. The van der Waals surface area contributed by atoms with Gasteiger partial charge in [-0.2, -0.15) is 0 Å². The van der Waals surface area contributed by atoms with Crippen LogP contribution in [0.5, 0.6) is 5.75 Å². The molecule has 1 amide bonds. The standard InChI is InChI=1S/C28H45NO2/c1-6-7-8-9-10-11-12-13-14-15-16-17-18-19-20-22(2)28(31)29-26-21-23(3)27(30)25(5)24(26)4/h10-11,13-14,21-22,30H,6-9,12,15-20H2,1-5H3,(H,29,31). The molecule has 0 aliphatic carbocycles. The molecule has 1 rings (SSSR count). The number of anilines is 1. The third-order valence-electron chi connectivity index (χ3n) is 6.10. The highest BCUT2D eigenvalue weighted by molar-refractivity contribution is 5.93. The summed E-state index contributed by atoms with van der Waals surface area (Å²) >= 11 is 0. The number of benzene rings is 1. The quantitative estimate of drug-likeness (QED) is 0.168. The number of nitrogens with one attached hydrogen (secondary N) is 1. The second-order valence-corrected chi connectivity index (χ2v) is 8.90. The molecule has 0 bridgehead atoms. The summed E-state index contributed by atoms with van der Waals surface area (Å²) in [6.07, 6.45) is 22.2. The molecule has 1 atom stereocenters. The molecule has 174 valence electrons.